The number of ether oxygens (including phenoxy) is 7. The maximum atomic E-state index is 12.7. The van der Waals surface area contributed by atoms with Crippen LogP contribution < -0.4 is 65.8 Å². The van der Waals surface area contributed by atoms with Gasteiger partial charge < -0.3 is 94.1 Å². The standard InChI is InChI=1S/C27H42N2O7.C20H23O4P.C19H27N3O4.C18H30O5.C13H19N3O3.C12H16O4.Na/c1-5-23(30)14-9-11-17-34-20-27(29-26(33)8-4,21-35-18-12-10-15-24(31)6-2)22-36-19-13-16-28-25(32)7-3;1-11-7-13(3)17(14(4)8-11)19(21)25(23,24)20(22)18-15(5)9-12(2)10-16(18)6;1-5-16(23)10-9-12-21(18(25)7-3)14-15-22(19(26)8-4)13-11-20-17(24)6-2;1-3-17(19)9-5-7-11-21-13-15-23-16-14-22-12-8-6-10-18(20)4-2;1-4-11(17)14-7-9-16(13(19)6-3)10-8-15-12(18)5-2;1-12(2,15)11(14)9-3-5-10(6-4-9)16-8-7-13;/h5-8H,1-4,9-22H2,(H,28,32)(H,29,33);7-10H,1-6H3,(H,23,24);5-8H,1-4,9-15H2,(H,20,24);3-4H,1-2,5-16H2;4-6H,1-3,7-10H2,(H,14,17)(H,15,18);3-6,13,15H,7-8H2,1-2H3;/q;;;;;;+1/p-1. The van der Waals surface area contributed by atoms with Crippen LogP contribution in [0.25, 0.3) is 0 Å². The molecule has 37 heteroatoms. The van der Waals surface area contributed by atoms with Gasteiger partial charge in [-0.05, 0) is 245 Å². The van der Waals surface area contributed by atoms with E-state index in [0.29, 0.717) is 203 Å². The molecule has 0 aliphatic rings. The Morgan fingerprint density at radius 1 is 0.356 bits per heavy atom. The van der Waals surface area contributed by atoms with Gasteiger partial charge in [0.15, 0.2) is 42.1 Å². The summed E-state index contributed by atoms with van der Waals surface area (Å²) in [6.07, 6.45) is 25.3. The van der Waals surface area contributed by atoms with E-state index in [-0.39, 0.29) is 176 Å². The molecule has 3 aromatic rings. The number of ketones is 6. The molecule has 0 aromatic heterocycles. The van der Waals surface area contributed by atoms with Gasteiger partial charge in [0.1, 0.15) is 23.5 Å². The Morgan fingerprint density at radius 3 is 0.932 bits per heavy atom. The van der Waals surface area contributed by atoms with Gasteiger partial charge in [-0.15, -0.1) is 0 Å². The number of hydrogen-bond donors (Lipinski definition) is 7. The van der Waals surface area contributed by atoms with E-state index in [0.717, 1.165) is 55.0 Å². The third kappa shape index (κ3) is 67.0. The Bertz CT molecular complexity index is 4500. The molecule has 0 aliphatic carbocycles. The molecule has 8 amide bonds. The summed E-state index contributed by atoms with van der Waals surface area (Å²) in [5, 5.41) is 31.4. The maximum Gasteiger partial charge on any atom is 1.00 e. The van der Waals surface area contributed by atoms with Crippen molar-refractivity contribution in [2.45, 2.75) is 163 Å². The summed E-state index contributed by atoms with van der Waals surface area (Å²) >= 11 is 0. The molecule has 0 radical (unpaired) electrons. The third-order valence-corrected chi connectivity index (χ3v) is 21.8. The fraction of sp³-hybridized carbons (Fsp3) is 0.450. The van der Waals surface area contributed by atoms with E-state index in [9.17, 15) is 91.3 Å². The SMILES string of the molecule is C=CC(=O)CCCCOCC(COCCCCC(=O)C=C)(COCCCNC(=O)C=C)NC(=O)C=C.C=CC(=O)CCCCOCCOCCOCCCCC(=O)C=C.C=CC(=O)CCCN(CCN(CCNC(=O)C=C)C(=O)C=C)C(=O)C=C.C=CC(=O)NCCN(CCNC(=O)C=C)C(=O)C=C.CC(C)(O)C(=O)c1ccc(OCCO)cc1.Cc1cc(C)c(C(=O)P(=O)([O-])C(=O)c2c(C)cc(C)cc2C)c(C)c1.[Na+]. The van der Waals surface area contributed by atoms with E-state index in [4.69, 9.17) is 38.3 Å². The number of amides is 8. The number of nitrogens with zero attached hydrogens (tertiary/aromatic N) is 3. The first-order chi connectivity index (χ1) is 68.9. The quantitative estimate of drug-likeness (QED) is 0.00921. The van der Waals surface area contributed by atoms with Crippen LogP contribution in [0.1, 0.15) is 175 Å². The van der Waals surface area contributed by atoms with Crippen LogP contribution in [0.15, 0.2) is 213 Å². The minimum absolute atomic E-state index is 0. The van der Waals surface area contributed by atoms with Crippen LogP contribution in [-0.2, 0) is 95.3 Å². The summed E-state index contributed by atoms with van der Waals surface area (Å²) in [5.41, 5.74) is 0.186. The number of allylic oxidation sites excluding steroid dienone is 5. The van der Waals surface area contributed by atoms with Gasteiger partial charge in [-0.1, -0.05) is 121 Å². The Kier molecular flexibility index (Phi) is 81.9. The number of Topliss-reactive ketones (excluding diaryl/α,β-unsaturated/α-hetero) is 1. The first-order valence-corrected chi connectivity index (χ1v) is 49.2. The van der Waals surface area contributed by atoms with E-state index in [2.05, 4.69) is 112 Å². The predicted octanol–water partition coefficient (Wildman–Crippen LogP) is 8.14. The van der Waals surface area contributed by atoms with Crippen molar-refractivity contribution in [3.05, 3.63) is 263 Å². The minimum atomic E-state index is -4.98. The van der Waals surface area contributed by atoms with Crippen LogP contribution in [0.2, 0.25) is 0 Å². The third-order valence-electron chi connectivity index (χ3n) is 20.3. The van der Waals surface area contributed by atoms with Crippen LogP contribution in [0.5, 0.6) is 5.75 Å². The fourth-order valence-electron chi connectivity index (χ4n) is 12.7. The summed E-state index contributed by atoms with van der Waals surface area (Å²) in [6.45, 7) is 66.1. The molecule has 0 atom stereocenters. The van der Waals surface area contributed by atoms with E-state index in [1.165, 1.54) is 89.3 Å². The second-order valence-corrected chi connectivity index (χ2v) is 34.8. The number of benzene rings is 3. The zero-order chi connectivity index (χ0) is 110. The smallest absolute Gasteiger partial charge is 0.788 e. The monoisotopic (exact) mass is 2060 g/mol. The van der Waals surface area contributed by atoms with E-state index in [1.807, 2.05) is 13.8 Å². The van der Waals surface area contributed by atoms with Gasteiger partial charge in [0.25, 0.3) is 0 Å². The normalized spacial score (nSPS) is 10.4. The van der Waals surface area contributed by atoms with Crippen molar-refractivity contribution in [2.75, 3.05) is 158 Å². The Morgan fingerprint density at radius 2 is 0.637 bits per heavy atom. The number of carbonyl (C=O) groups excluding carboxylic acids is 16. The molecule has 35 nitrogen and oxygen atoms in total. The van der Waals surface area contributed by atoms with Gasteiger partial charge in [-0.25, -0.2) is 0 Å². The van der Waals surface area contributed by atoms with Crippen molar-refractivity contribution in [3.8, 4) is 5.75 Å². The zero-order valence-electron chi connectivity index (χ0n) is 87.3. The van der Waals surface area contributed by atoms with Gasteiger partial charge in [0.05, 0.1) is 52.9 Å². The van der Waals surface area contributed by atoms with Gasteiger partial charge >= 0.3 is 29.6 Å². The molecule has 3 rings (SSSR count). The summed E-state index contributed by atoms with van der Waals surface area (Å²) < 4.78 is 51.5. The van der Waals surface area contributed by atoms with E-state index < -0.39 is 35.5 Å². The van der Waals surface area contributed by atoms with Gasteiger partial charge in [-0.3, -0.25) is 76.7 Å². The molecule has 0 heterocycles. The summed E-state index contributed by atoms with van der Waals surface area (Å²) in [4.78, 5) is 202. The summed E-state index contributed by atoms with van der Waals surface area (Å²) in [5.74, 6) is -2.10. The predicted molar refractivity (Wildman–Crippen MR) is 562 cm³/mol. The number of rotatable bonds is 75. The number of aliphatic hydroxyl groups is 2. The van der Waals surface area contributed by atoms with Gasteiger partial charge in [0.2, 0.25) is 58.3 Å². The molecule has 146 heavy (non-hydrogen) atoms. The fourth-order valence-corrected chi connectivity index (χ4v) is 14.2. The van der Waals surface area contributed by atoms with E-state index >= 15 is 0 Å². The number of aryl methyl sites for hydroxylation is 6. The number of hydrogen-bond acceptors (Lipinski definition) is 27. The van der Waals surface area contributed by atoms with Crippen molar-refractivity contribution in [1.29, 1.82) is 0 Å². The molecule has 0 saturated heterocycles. The number of nitrogens with one attached hydrogen (secondary N) is 5. The van der Waals surface area contributed by atoms with Crippen molar-refractivity contribution >= 4 is 100 Å². The van der Waals surface area contributed by atoms with Crippen LogP contribution in [0, 0.1) is 41.5 Å². The number of aliphatic hydroxyl groups excluding tert-OH is 1. The van der Waals surface area contributed by atoms with Crippen LogP contribution in [0.3, 0.4) is 0 Å². The van der Waals surface area contributed by atoms with E-state index in [1.54, 1.807) is 76.2 Å². The average molecular weight is 2060 g/mol. The van der Waals surface area contributed by atoms with Gasteiger partial charge in [0, 0.05) is 147 Å². The zero-order valence-corrected chi connectivity index (χ0v) is 90.2. The Hall–Kier alpha value is -11.9. The van der Waals surface area contributed by atoms with Crippen molar-refractivity contribution in [1.82, 2.24) is 41.3 Å². The first-order valence-electron chi connectivity index (χ1n) is 47.6. The molecule has 7 N–H and O–H groups in total. The van der Waals surface area contributed by atoms with Crippen molar-refractivity contribution in [3.63, 3.8) is 0 Å². The molecular weight excluding hydrogens is 1910 g/mol. The molecule has 0 unspecified atom stereocenters. The Labute approximate surface area is 884 Å². The second kappa shape index (κ2) is 85.2. The molecule has 3 aromatic carbocycles. The molecule has 0 spiro atoms. The largest absolute Gasteiger partial charge is 1.00 e. The molecular formula is C109H156N8NaO27P. The summed E-state index contributed by atoms with van der Waals surface area (Å²) in [7, 11) is -4.98. The van der Waals surface area contributed by atoms with Gasteiger partial charge in [-0.2, -0.15) is 0 Å². The Balaban J connectivity index is -0.000000841. The maximum absolute atomic E-state index is 12.7. The topological polar surface area (TPSA) is 488 Å². The summed E-state index contributed by atoms with van der Waals surface area (Å²) in [6, 6.07) is 13.4. The molecule has 0 aliphatic heterocycles. The van der Waals surface area contributed by atoms with Crippen molar-refractivity contribution in [2.24, 2.45) is 0 Å². The van der Waals surface area contributed by atoms with Crippen LogP contribution in [0.4, 0.5) is 0 Å². The van der Waals surface area contributed by atoms with Crippen molar-refractivity contribution < 1.29 is 159 Å². The molecule has 0 saturated carbocycles. The molecule has 0 fully saturated rings. The van der Waals surface area contributed by atoms with Crippen LogP contribution >= 0.6 is 7.37 Å². The van der Waals surface area contributed by atoms with Crippen LogP contribution in [-0.4, -0.2) is 287 Å². The average Bonchev–Trinajstić information content (AvgIpc) is 0.766. The molecule has 0 bridgehead atoms. The minimum Gasteiger partial charge on any atom is -0.788 e. The number of carbonyl (C=O) groups is 16. The first kappa shape index (κ1) is 140. The second-order valence-electron chi connectivity index (χ2n) is 32.9. The molecule has 800 valence electrons. The number of unbranched alkanes of at least 4 members (excludes halogenated alkanes) is 4.